The fraction of sp³-hybridized carbons (Fsp3) is 0.0588. The number of aryl methyl sites for hydroxylation is 6. The van der Waals surface area contributed by atoms with Gasteiger partial charge in [0.05, 0.1) is 11.4 Å². The maximum absolute atomic E-state index is 4.37. The molecule has 114 heavy (non-hydrogen) atoms. The van der Waals surface area contributed by atoms with Crippen molar-refractivity contribution in [3.63, 3.8) is 0 Å². The lowest BCUT2D eigenvalue weighted by molar-refractivity contribution is 1.17. The Balaban J connectivity index is 0.000000119. The number of hydrogen-bond donors (Lipinski definition) is 0. The van der Waals surface area contributed by atoms with Crippen molar-refractivity contribution in [1.82, 2.24) is 59.8 Å². The number of nitrogens with zero attached hydrogens (tertiary/aromatic N) is 12. The van der Waals surface area contributed by atoms with Crippen LogP contribution < -0.4 is 0 Å². The summed E-state index contributed by atoms with van der Waals surface area (Å²) in [5, 5.41) is 0. The van der Waals surface area contributed by atoms with Crippen LogP contribution in [-0.2, 0) is 0 Å². The quantitative estimate of drug-likeness (QED) is 0.114. The zero-order valence-electron chi connectivity index (χ0n) is 64.5. The molecule has 0 N–H and O–H groups in total. The van der Waals surface area contributed by atoms with Crippen LogP contribution in [0, 0.1) is 41.5 Å². The van der Waals surface area contributed by atoms with Crippen LogP contribution in [0.3, 0.4) is 0 Å². The summed E-state index contributed by atoms with van der Waals surface area (Å²) >= 11 is 0. The Hall–Kier alpha value is -14.9. The Labute approximate surface area is 667 Å². The molecule has 0 saturated heterocycles. The van der Waals surface area contributed by atoms with Gasteiger partial charge in [-0.3, -0.25) is 0 Å². The number of aromatic nitrogens is 12. The molecule has 18 rings (SSSR count). The van der Waals surface area contributed by atoms with Gasteiger partial charge in [0.15, 0.2) is 11.6 Å². The van der Waals surface area contributed by atoms with E-state index in [0.29, 0.717) is 0 Å². The van der Waals surface area contributed by atoms with Gasteiger partial charge < -0.3 is 0 Å². The standard InChI is InChI=1S/6C17H14N2/c1-13-7-5-10-15(17-18-11-6-12-19-17)16(13)14-8-3-2-4-9-14;1-13-6-5-9-16(15-10-18-12-19-11-15)17(13)14-7-3-2-4-8-14;1-13-6-5-9-15(16-10-11-18-12-19-16)17(13)14-7-3-2-4-8-14;1-13-8-9-15(17-18-10-5-11-19-17)12-16(13)14-6-3-2-4-7-14;1-13-7-8-15(16-10-18-12-19-11-16)9-17(13)14-5-3-2-4-6-14;1-13-7-8-15(17-9-10-18-12-19-17)11-16(13)14-5-3-2-4-6-14/h6*2-12H,1H3. The maximum atomic E-state index is 4.37. The molecule has 0 amide bonds. The van der Waals surface area contributed by atoms with Crippen molar-refractivity contribution >= 4 is 0 Å². The van der Waals surface area contributed by atoms with Gasteiger partial charge in [-0.25, -0.2) is 59.8 Å². The minimum Gasteiger partial charge on any atom is -0.245 e. The van der Waals surface area contributed by atoms with E-state index < -0.39 is 0 Å². The van der Waals surface area contributed by atoms with Crippen LogP contribution in [0.4, 0.5) is 0 Å². The monoisotopic (exact) mass is 1480 g/mol. The molecule has 0 aliphatic carbocycles. The van der Waals surface area contributed by atoms with Crippen LogP contribution in [0.1, 0.15) is 33.4 Å². The van der Waals surface area contributed by atoms with Gasteiger partial charge in [0.25, 0.3) is 0 Å². The lowest BCUT2D eigenvalue weighted by Gasteiger charge is -2.12. The Morgan fingerprint density at radius 3 is 0.921 bits per heavy atom. The molecule has 0 radical (unpaired) electrons. The van der Waals surface area contributed by atoms with Crippen molar-refractivity contribution < 1.29 is 0 Å². The summed E-state index contributed by atoms with van der Waals surface area (Å²) in [5.74, 6) is 1.53. The van der Waals surface area contributed by atoms with Crippen LogP contribution in [0.2, 0.25) is 0 Å². The van der Waals surface area contributed by atoms with E-state index in [-0.39, 0.29) is 0 Å². The fourth-order valence-corrected chi connectivity index (χ4v) is 13.4. The number of benzene rings is 12. The van der Waals surface area contributed by atoms with Crippen molar-refractivity contribution in [3.05, 3.63) is 436 Å². The minimum atomic E-state index is 0.764. The molecule has 0 aliphatic heterocycles. The van der Waals surface area contributed by atoms with Gasteiger partial charge in [0.1, 0.15) is 25.3 Å². The van der Waals surface area contributed by atoms with E-state index in [9.17, 15) is 0 Å². The molecule has 0 aliphatic rings. The molecule has 0 spiro atoms. The SMILES string of the molecule is Cc1ccc(-c2ccncn2)cc1-c1ccccc1.Cc1ccc(-c2cncnc2)cc1-c1ccccc1.Cc1ccc(-c2ncccn2)cc1-c1ccccc1.Cc1cccc(-c2ccncn2)c1-c1ccccc1.Cc1cccc(-c2cncnc2)c1-c1ccccc1.Cc1cccc(-c2ncccn2)c1-c1ccccc1. The minimum absolute atomic E-state index is 0.764. The third-order valence-electron chi connectivity index (χ3n) is 19.1. The third kappa shape index (κ3) is 20.3. The summed E-state index contributed by atoms with van der Waals surface area (Å²) < 4.78 is 0. The van der Waals surface area contributed by atoms with E-state index in [1.54, 1.807) is 62.5 Å². The van der Waals surface area contributed by atoms with Gasteiger partial charge in [-0.15, -0.1) is 0 Å². The first-order chi connectivity index (χ1) is 56.1. The van der Waals surface area contributed by atoms with E-state index in [1.807, 2.05) is 91.5 Å². The van der Waals surface area contributed by atoms with Crippen LogP contribution in [0.5, 0.6) is 0 Å². The van der Waals surface area contributed by atoms with Crippen LogP contribution in [0.15, 0.2) is 403 Å². The smallest absolute Gasteiger partial charge is 0.159 e. The molecular formula is C102H84N12. The van der Waals surface area contributed by atoms with Crippen LogP contribution in [0.25, 0.3) is 134 Å². The second-order valence-electron chi connectivity index (χ2n) is 26.9. The first kappa shape index (κ1) is 77.3. The van der Waals surface area contributed by atoms with Crippen molar-refractivity contribution in [2.24, 2.45) is 0 Å². The molecule has 6 heterocycles. The zero-order chi connectivity index (χ0) is 78.5. The van der Waals surface area contributed by atoms with E-state index in [0.717, 1.165) is 62.0 Å². The van der Waals surface area contributed by atoms with Crippen molar-refractivity contribution in [1.29, 1.82) is 0 Å². The normalized spacial score (nSPS) is 10.4. The highest BCUT2D eigenvalue weighted by Crippen LogP contribution is 2.38. The van der Waals surface area contributed by atoms with Gasteiger partial charge in [-0.2, -0.15) is 0 Å². The summed E-state index contributed by atoms with van der Waals surface area (Å²) in [4.78, 5) is 50.3. The molecule has 0 fully saturated rings. The average Bonchev–Trinajstić information content (AvgIpc) is 0.805. The second kappa shape index (κ2) is 39.5. The molecule has 0 atom stereocenters. The topological polar surface area (TPSA) is 155 Å². The lowest BCUT2D eigenvalue weighted by atomic mass is 9.92. The van der Waals surface area contributed by atoms with Crippen molar-refractivity contribution in [2.45, 2.75) is 41.5 Å². The van der Waals surface area contributed by atoms with Crippen molar-refractivity contribution in [2.75, 3.05) is 0 Å². The largest absolute Gasteiger partial charge is 0.245 e. The molecule has 12 aromatic carbocycles. The molecule has 0 unspecified atom stereocenters. The van der Waals surface area contributed by atoms with Gasteiger partial charge in [0.2, 0.25) is 0 Å². The predicted molar refractivity (Wildman–Crippen MR) is 466 cm³/mol. The highest BCUT2D eigenvalue weighted by molar-refractivity contribution is 5.87. The fourth-order valence-electron chi connectivity index (χ4n) is 13.4. The average molecular weight is 1480 g/mol. The Kier molecular flexibility index (Phi) is 26.8. The first-order valence-corrected chi connectivity index (χ1v) is 37.6. The van der Waals surface area contributed by atoms with E-state index >= 15 is 0 Å². The molecule has 12 heteroatoms. The highest BCUT2D eigenvalue weighted by atomic mass is 14.9. The van der Waals surface area contributed by atoms with Crippen LogP contribution >= 0.6 is 0 Å². The lowest BCUT2D eigenvalue weighted by Crippen LogP contribution is -1.92. The Bertz CT molecular complexity index is 5400. The van der Waals surface area contributed by atoms with E-state index in [1.165, 1.54) is 106 Å². The molecule has 18 aromatic rings. The molecule has 552 valence electrons. The predicted octanol–water partition coefficient (Wildman–Crippen LogP) is 24.7. The van der Waals surface area contributed by atoms with Gasteiger partial charge in [0, 0.05) is 95.3 Å². The van der Waals surface area contributed by atoms with Crippen molar-refractivity contribution in [3.8, 4) is 134 Å². The number of hydrogen-bond acceptors (Lipinski definition) is 12. The zero-order valence-corrected chi connectivity index (χ0v) is 64.5. The molecule has 0 saturated carbocycles. The van der Waals surface area contributed by atoms with E-state index in [2.05, 4.69) is 350 Å². The first-order valence-electron chi connectivity index (χ1n) is 37.6. The Morgan fingerprint density at radius 2 is 0.500 bits per heavy atom. The molecule has 6 aromatic heterocycles. The van der Waals surface area contributed by atoms with Gasteiger partial charge in [-0.05, 0) is 195 Å². The highest BCUT2D eigenvalue weighted by Gasteiger charge is 2.15. The van der Waals surface area contributed by atoms with Gasteiger partial charge in [-0.1, -0.05) is 273 Å². The third-order valence-corrected chi connectivity index (χ3v) is 19.1. The maximum Gasteiger partial charge on any atom is 0.159 e. The Morgan fingerprint density at radius 1 is 0.167 bits per heavy atom. The summed E-state index contributed by atoms with van der Waals surface area (Å²) in [5.41, 5.74) is 33.0. The second-order valence-corrected chi connectivity index (χ2v) is 26.9. The summed E-state index contributed by atoms with van der Waals surface area (Å²) in [7, 11) is 0. The molecular weight excluding hydrogens is 1390 g/mol. The number of rotatable bonds is 12. The summed E-state index contributed by atoms with van der Waals surface area (Å²) in [6.07, 6.45) is 24.3. The van der Waals surface area contributed by atoms with E-state index in [4.69, 9.17) is 0 Å². The van der Waals surface area contributed by atoms with Gasteiger partial charge >= 0.3 is 0 Å². The molecule has 0 bridgehead atoms. The summed E-state index contributed by atoms with van der Waals surface area (Å²) in [6, 6.07) is 108. The summed E-state index contributed by atoms with van der Waals surface area (Å²) in [6.45, 7) is 12.8. The molecule has 12 nitrogen and oxygen atoms in total. The van der Waals surface area contributed by atoms with Crippen LogP contribution in [-0.4, -0.2) is 59.8 Å².